The highest BCUT2D eigenvalue weighted by atomic mass is 32.2. The third-order valence-electron chi connectivity index (χ3n) is 2.76. The standard InChI is InChI=1S/C10H22N2OS/c1-3-14(13)9-8-12-6-4-10(2)11-5-7-12/h10-11H,3-9H2,1-2H3. The van der Waals surface area contributed by atoms with Crippen LogP contribution < -0.4 is 5.32 Å². The fraction of sp³-hybridized carbons (Fsp3) is 1.00. The summed E-state index contributed by atoms with van der Waals surface area (Å²) in [6.07, 6.45) is 1.21. The molecule has 0 aromatic carbocycles. The third kappa shape index (κ3) is 4.53. The molecule has 1 heterocycles. The molecule has 4 heteroatoms. The van der Waals surface area contributed by atoms with Gasteiger partial charge in [-0.25, -0.2) is 0 Å². The van der Waals surface area contributed by atoms with Gasteiger partial charge in [0.1, 0.15) is 0 Å². The zero-order chi connectivity index (χ0) is 10.4. The number of hydrogen-bond acceptors (Lipinski definition) is 3. The molecule has 2 unspecified atom stereocenters. The smallest absolute Gasteiger partial charge is 0.0362 e. The highest BCUT2D eigenvalue weighted by molar-refractivity contribution is 7.84. The molecule has 1 aliphatic heterocycles. The van der Waals surface area contributed by atoms with E-state index in [4.69, 9.17) is 0 Å². The molecule has 3 nitrogen and oxygen atoms in total. The van der Waals surface area contributed by atoms with Crippen LogP contribution in [-0.2, 0) is 10.8 Å². The molecule has 84 valence electrons. The summed E-state index contributed by atoms with van der Waals surface area (Å²) in [6.45, 7) is 8.53. The first-order valence-electron chi connectivity index (χ1n) is 5.53. The quantitative estimate of drug-likeness (QED) is 0.743. The van der Waals surface area contributed by atoms with Crippen molar-refractivity contribution in [2.75, 3.05) is 37.7 Å². The SMILES string of the molecule is CCS(=O)CCN1CCNC(C)CC1. The number of rotatable bonds is 4. The van der Waals surface area contributed by atoms with Crippen LogP contribution in [0.1, 0.15) is 20.3 Å². The molecule has 1 saturated heterocycles. The van der Waals surface area contributed by atoms with Gasteiger partial charge in [0.2, 0.25) is 0 Å². The van der Waals surface area contributed by atoms with E-state index in [1.807, 2.05) is 6.92 Å². The van der Waals surface area contributed by atoms with Crippen molar-refractivity contribution in [3.05, 3.63) is 0 Å². The Morgan fingerprint density at radius 2 is 2.29 bits per heavy atom. The molecular formula is C10H22N2OS. The van der Waals surface area contributed by atoms with E-state index in [1.165, 1.54) is 6.42 Å². The summed E-state index contributed by atoms with van der Waals surface area (Å²) in [5.41, 5.74) is 0. The van der Waals surface area contributed by atoms with Crippen LogP contribution in [0.2, 0.25) is 0 Å². The minimum Gasteiger partial charge on any atom is -0.313 e. The van der Waals surface area contributed by atoms with Crippen LogP contribution in [-0.4, -0.2) is 52.8 Å². The van der Waals surface area contributed by atoms with Gasteiger partial charge in [-0.1, -0.05) is 6.92 Å². The normalized spacial score (nSPS) is 27.1. The molecule has 1 fully saturated rings. The van der Waals surface area contributed by atoms with Gasteiger partial charge in [-0.15, -0.1) is 0 Å². The summed E-state index contributed by atoms with van der Waals surface area (Å²) in [6, 6.07) is 0.636. The number of hydrogen-bond donors (Lipinski definition) is 1. The average Bonchev–Trinajstić information content (AvgIpc) is 2.39. The van der Waals surface area contributed by atoms with Gasteiger partial charge in [0.15, 0.2) is 0 Å². The van der Waals surface area contributed by atoms with E-state index < -0.39 is 10.8 Å². The molecule has 0 aromatic heterocycles. The van der Waals surface area contributed by atoms with E-state index in [2.05, 4.69) is 17.1 Å². The van der Waals surface area contributed by atoms with Crippen molar-refractivity contribution >= 4 is 10.8 Å². The van der Waals surface area contributed by atoms with Crippen molar-refractivity contribution in [1.82, 2.24) is 10.2 Å². The Morgan fingerprint density at radius 1 is 1.50 bits per heavy atom. The molecule has 14 heavy (non-hydrogen) atoms. The minimum absolute atomic E-state index is 0.605. The summed E-state index contributed by atoms with van der Waals surface area (Å²) in [7, 11) is -0.605. The summed E-state index contributed by atoms with van der Waals surface area (Å²) in [5, 5.41) is 3.46. The van der Waals surface area contributed by atoms with Crippen molar-refractivity contribution in [3.63, 3.8) is 0 Å². The highest BCUT2D eigenvalue weighted by Crippen LogP contribution is 2.00. The summed E-state index contributed by atoms with van der Waals surface area (Å²) >= 11 is 0. The molecule has 0 amide bonds. The van der Waals surface area contributed by atoms with Gasteiger partial charge in [0.05, 0.1) is 0 Å². The molecule has 0 spiro atoms. The van der Waals surface area contributed by atoms with E-state index in [0.29, 0.717) is 6.04 Å². The van der Waals surface area contributed by atoms with Crippen LogP contribution in [0.5, 0.6) is 0 Å². The average molecular weight is 218 g/mol. The Bertz CT molecular complexity index is 187. The van der Waals surface area contributed by atoms with E-state index in [0.717, 1.165) is 37.7 Å². The van der Waals surface area contributed by atoms with E-state index in [9.17, 15) is 4.21 Å². The van der Waals surface area contributed by atoms with Gasteiger partial charge in [0.25, 0.3) is 0 Å². The zero-order valence-electron chi connectivity index (χ0n) is 9.29. The van der Waals surface area contributed by atoms with Crippen molar-refractivity contribution < 1.29 is 4.21 Å². The molecular weight excluding hydrogens is 196 g/mol. The Labute approximate surface area is 89.7 Å². The van der Waals surface area contributed by atoms with Crippen LogP contribution in [0.15, 0.2) is 0 Å². The van der Waals surface area contributed by atoms with E-state index in [1.54, 1.807) is 0 Å². The molecule has 0 aliphatic carbocycles. The number of nitrogens with one attached hydrogen (secondary N) is 1. The first-order valence-corrected chi connectivity index (χ1v) is 7.02. The second-order valence-electron chi connectivity index (χ2n) is 3.92. The maximum atomic E-state index is 11.3. The Hall–Kier alpha value is 0.0700. The van der Waals surface area contributed by atoms with Gasteiger partial charge in [-0.2, -0.15) is 0 Å². The molecule has 1 aliphatic rings. The van der Waals surface area contributed by atoms with Crippen LogP contribution in [0.4, 0.5) is 0 Å². The predicted octanol–water partition coefficient (Wildman–Crippen LogP) is 0.439. The Balaban J connectivity index is 2.20. The molecule has 1 N–H and O–H groups in total. The first kappa shape index (κ1) is 12.1. The van der Waals surface area contributed by atoms with Crippen molar-refractivity contribution in [1.29, 1.82) is 0 Å². The maximum Gasteiger partial charge on any atom is 0.0362 e. The topological polar surface area (TPSA) is 32.3 Å². The highest BCUT2D eigenvalue weighted by Gasteiger charge is 2.12. The Kier molecular flexibility index (Phi) is 5.67. The lowest BCUT2D eigenvalue weighted by molar-refractivity contribution is 0.308. The van der Waals surface area contributed by atoms with Gasteiger partial charge < -0.3 is 10.2 Å². The van der Waals surface area contributed by atoms with E-state index >= 15 is 0 Å². The van der Waals surface area contributed by atoms with Gasteiger partial charge in [-0.05, 0) is 19.9 Å². The summed E-state index contributed by atoms with van der Waals surface area (Å²) in [5.74, 6) is 1.63. The van der Waals surface area contributed by atoms with E-state index in [-0.39, 0.29) is 0 Å². The summed E-state index contributed by atoms with van der Waals surface area (Å²) < 4.78 is 11.3. The predicted molar refractivity (Wildman–Crippen MR) is 62.1 cm³/mol. The monoisotopic (exact) mass is 218 g/mol. The molecule has 0 aromatic rings. The minimum atomic E-state index is -0.605. The first-order chi connectivity index (χ1) is 6.72. The lowest BCUT2D eigenvalue weighted by atomic mass is 10.2. The second kappa shape index (κ2) is 6.53. The Morgan fingerprint density at radius 3 is 3.00 bits per heavy atom. The van der Waals surface area contributed by atoms with Gasteiger partial charge in [-0.3, -0.25) is 4.21 Å². The fourth-order valence-electron chi connectivity index (χ4n) is 1.66. The van der Waals surface area contributed by atoms with Gasteiger partial charge >= 0.3 is 0 Å². The molecule has 1 rings (SSSR count). The van der Waals surface area contributed by atoms with Crippen LogP contribution in [0, 0.1) is 0 Å². The fourth-order valence-corrected chi connectivity index (χ4v) is 2.41. The van der Waals surface area contributed by atoms with Crippen LogP contribution in [0.25, 0.3) is 0 Å². The van der Waals surface area contributed by atoms with Crippen molar-refractivity contribution in [2.45, 2.75) is 26.3 Å². The maximum absolute atomic E-state index is 11.3. The van der Waals surface area contributed by atoms with Crippen molar-refractivity contribution in [3.8, 4) is 0 Å². The summed E-state index contributed by atoms with van der Waals surface area (Å²) in [4.78, 5) is 2.42. The van der Waals surface area contributed by atoms with Crippen molar-refractivity contribution in [2.24, 2.45) is 0 Å². The molecule has 0 saturated carbocycles. The lowest BCUT2D eigenvalue weighted by Gasteiger charge is -2.18. The van der Waals surface area contributed by atoms with Crippen LogP contribution in [0.3, 0.4) is 0 Å². The molecule has 0 radical (unpaired) electrons. The van der Waals surface area contributed by atoms with Crippen LogP contribution >= 0.6 is 0 Å². The van der Waals surface area contributed by atoms with Gasteiger partial charge in [0, 0.05) is 48.0 Å². The molecule has 2 atom stereocenters. The second-order valence-corrected chi connectivity index (χ2v) is 5.78. The lowest BCUT2D eigenvalue weighted by Crippen LogP contribution is -2.32. The number of nitrogens with zero attached hydrogens (tertiary/aromatic N) is 1. The zero-order valence-corrected chi connectivity index (χ0v) is 10.1. The third-order valence-corrected chi connectivity index (χ3v) is 4.04. The largest absolute Gasteiger partial charge is 0.313 e. The molecule has 0 bridgehead atoms.